The van der Waals surface area contributed by atoms with Crippen molar-refractivity contribution in [2.75, 3.05) is 13.1 Å². The molecular weight excluding hydrogens is 290 g/mol. The molecule has 1 saturated carbocycles. The molecular formula is C19H25NO3. The van der Waals surface area contributed by atoms with Crippen LogP contribution in [-0.4, -0.2) is 35.0 Å². The third kappa shape index (κ3) is 3.92. The number of rotatable bonds is 4. The molecule has 0 radical (unpaired) electrons. The van der Waals surface area contributed by atoms with E-state index in [1.165, 1.54) is 5.56 Å². The fraction of sp³-hybridized carbons (Fsp3) is 0.579. The van der Waals surface area contributed by atoms with Gasteiger partial charge in [0, 0.05) is 19.5 Å². The summed E-state index contributed by atoms with van der Waals surface area (Å²) in [6.07, 6.45) is 5.69. The first kappa shape index (κ1) is 16.0. The van der Waals surface area contributed by atoms with Crippen molar-refractivity contribution >= 4 is 11.9 Å². The minimum Gasteiger partial charge on any atom is -0.481 e. The number of carbonyl (C=O) groups is 2. The van der Waals surface area contributed by atoms with Crippen LogP contribution in [0, 0.1) is 11.8 Å². The van der Waals surface area contributed by atoms with Gasteiger partial charge in [-0.3, -0.25) is 9.59 Å². The molecule has 0 bridgehead atoms. The molecule has 2 aliphatic rings. The second-order valence-corrected chi connectivity index (χ2v) is 7.00. The van der Waals surface area contributed by atoms with Gasteiger partial charge in [-0.05, 0) is 49.5 Å². The second-order valence-electron chi connectivity index (χ2n) is 7.00. The van der Waals surface area contributed by atoms with Gasteiger partial charge in [-0.15, -0.1) is 0 Å². The van der Waals surface area contributed by atoms with E-state index in [4.69, 9.17) is 5.11 Å². The lowest BCUT2D eigenvalue weighted by Crippen LogP contribution is -2.32. The number of hydrogen-bond acceptors (Lipinski definition) is 2. The quantitative estimate of drug-likeness (QED) is 0.927. The number of amides is 1. The van der Waals surface area contributed by atoms with Crippen molar-refractivity contribution in [3.05, 3.63) is 35.9 Å². The minimum absolute atomic E-state index is 0.150. The van der Waals surface area contributed by atoms with Crippen LogP contribution in [0.3, 0.4) is 0 Å². The molecule has 1 heterocycles. The zero-order valence-electron chi connectivity index (χ0n) is 13.5. The van der Waals surface area contributed by atoms with E-state index < -0.39 is 5.97 Å². The van der Waals surface area contributed by atoms with E-state index in [1.807, 2.05) is 6.07 Å². The van der Waals surface area contributed by atoms with Gasteiger partial charge in [0.2, 0.25) is 5.91 Å². The van der Waals surface area contributed by atoms with Crippen LogP contribution >= 0.6 is 0 Å². The Bertz CT molecular complexity index is 549. The Labute approximate surface area is 137 Å². The summed E-state index contributed by atoms with van der Waals surface area (Å²) < 4.78 is 0. The Kier molecular flexibility index (Phi) is 4.99. The third-order valence-corrected chi connectivity index (χ3v) is 5.47. The minimum atomic E-state index is -0.774. The average molecular weight is 315 g/mol. The second kappa shape index (κ2) is 7.16. The van der Waals surface area contributed by atoms with Gasteiger partial charge in [0.25, 0.3) is 0 Å². The molecule has 2 fully saturated rings. The molecule has 0 spiro atoms. The highest BCUT2D eigenvalue weighted by atomic mass is 16.4. The summed E-state index contributed by atoms with van der Waals surface area (Å²) in [4.78, 5) is 25.1. The number of carboxylic acid groups (broad SMARTS) is 1. The molecule has 4 nitrogen and oxygen atoms in total. The predicted octanol–water partition coefficient (Wildman–Crippen LogP) is 3.28. The van der Waals surface area contributed by atoms with Crippen LogP contribution in [0.2, 0.25) is 0 Å². The molecule has 1 aliphatic heterocycles. The van der Waals surface area contributed by atoms with Gasteiger partial charge in [-0.1, -0.05) is 30.3 Å². The summed E-state index contributed by atoms with van der Waals surface area (Å²) >= 11 is 0. The number of aliphatic carboxylic acids is 1. The van der Waals surface area contributed by atoms with Crippen molar-refractivity contribution < 1.29 is 14.7 Å². The smallest absolute Gasteiger partial charge is 0.308 e. The molecule has 0 aromatic heterocycles. The molecule has 1 aliphatic carbocycles. The fourth-order valence-corrected chi connectivity index (χ4v) is 3.99. The maximum atomic E-state index is 12.4. The van der Waals surface area contributed by atoms with Gasteiger partial charge in [0.1, 0.15) is 0 Å². The van der Waals surface area contributed by atoms with Gasteiger partial charge in [-0.2, -0.15) is 0 Å². The van der Waals surface area contributed by atoms with Crippen LogP contribution in [0.1, 0.15) is 50.0 Å². The van der Waals surface area contributed by atoms with Crippen LogP contribution in [0.5, 0.6) is 0 Å². The van der Waals surface area contributed by atoms with E-state index >= 15 is 0 Å². The molecule has 1 atom stereocenters. The van der Waals surface area contributed by atoms with E-state index in [2.05, 4.69) is 24.3 Å². The molecule has 1 N–H and O–H groups in total. The number of benzene rings is 1. The lowest BCUT2D eigenvalue weighted by atomic mass is 9.77. The first-order chi connectivity index (χ1) is 11.1. The van der Waals surface area contributed by atoms with Crippen LogP contribution < -0.4 is 0 Å². The van der Waals surface area contributed by atoms with Crippen LogP contribution in [-0.2, 0) is 9.59 Å². The normalized spacial score (nSPS) is 27.8. The Morgan fingerprint density at radius 2 is 1.74 bits per heavy atom. The largest absolute Gasteiger partial charge is 0.481 e. The lowest BCUT2D eigenvalue weighted by molar-refractivity contribution is -0.141. The van der Waals surface area contributed by atoms with Crippen molar-refractivity contribution in [2.45, 2.75) is 44.4 Å². The van der Waals surface area contributed by atoms with E-state index in [-0.39, 0.29) is 11.8 Å². The number of carbonyl (C=O) groups excluding carboxylic acids is 1. The predicted molar refractivity (Wildman–Crippen MR) is 88.1 cm³/mol. The highest BCUT2D eigenvalue weighted by Gasteiger charge is 2.32. The molecule has 1 saturated heterocycles. The van der Waals surface area contributed by atoms with E-state index in [0.29, 0.717) is 37.8 Å². The van der Waals surface area contributed by atoms with E-state index in [1.54, 1.807) is 4.90 Å². The zero-order valence-corrected chi connectivity index (χ0v) is 13.5. The standard InChI is InChI=1S/C19H25NO3/c21-18(20-11-10-17(13-20)19(22)23)12-14-6-8-16(9-7-14)15-4-2-1-3-5-15/h1-5,14,16-17H,6-13H2,(H,22,23). The van der Waals surface area contributed by atoms with Gasteiger partial charge in [-0.25, -0.2) is 0 Å². The van der Waals surface area contributed by atoms with Crippen molar-refractivity contribution in [3.8, 4) is 0 Å². The summed E-state index contributed by atoms with van der Waals surface area (Å²) in [5.74, 6) is 0.102. The topological polar surface area (TPSA) is 57.6 Å². The highest BCUT2D eigenvalue weighted by molar-refractivity contribution is 5.79. The zero-order chi connectivity index (χ0) is 16.2. The maximum Gasteiger partial charge on any atom is 0.308 e. The van der Waals surface area contributed by atoms with Gasteiger partial charge in [0.15, 0.2) is 0 Å². The van der Waals surface area contributed by atoms with Gasteiger partial charge < -0.3 is 10.0 Å². The van der Waals surface area contributed by atoms with E-state index in [9.17, 15) is 9.59 Å². The molecule has 1 aromatic rings. The summed E-state index contributed by atoms with van der Waals surface area (Å²) in [5, 5.41) is 9.03. The van der Waals surface area contributed by atoms with Crippen molar-refractivity contribution in [2.24, 2.45) is 11.8 Å². The number of carboxylic acids is 1. The molecule has 1 unspecified atom stereocenters. The molecule has 3 rings (SSSR count). The summed E-state index contributed by atoms with van der Waals surface area (Å²) in [7, 11) is 0. The Hall–Kier alpha value is -1.84. The molecule has 124 valence electrons. The van der Waals surface area contributed by atoms with Gasteiger partial charge in [0.05, 0.1) is 5.92 Å². The number of hydrogen-bond donors (Lipinski definition) is 1. The molecule has 1 aromatic carbocycles. The van der Waals surface area contributed by atoms with Crippen LogP contribution in [0.4, 0.5) is 0 Å². The SMILES string of the molecule is O=C(O)C1CCN(C(=O)CC2CCC(c3ccccc3)CC2)C1. The maximum absolute atomic E-state index is 12.4. The average Bonchev–Trinajstić information content (AvgIpc) is 3.07. The van der Waals surface area contributed by atoms with Crippen LogP contribution in [0.15, 0.2) is 30.3 Å². The third-order valence-electron chi connectivity index (χ3n) is 5.47. The highest BCUT2D eigenvalue weighted by Crippen LogP contribution is 2.37. The van der Waals surface area contributed by atoms with Gasteiger partial charge >= 0.3 is 5.97 Å². The molecule has 1 amide bonds. The van der Waals surface area contributed by atoms with Crippen molar-refractivity contribution in [3.63, 3.8) is 0 Å². The monoisotopic (exact) mass is 315 g/mol. The van der Waals surface area contributed by atoms with E-state index in [0.717, 1.165) is 25.7 Å². The van der Waals surface area contributed by atoms with Crippen molar-refractivity contribution in [1.29, 1.82) is 0 Å². The summed E-state index contributed by atoms with van der Waals surface area (Å²) in [5.41, 5.74) is 1.42. The Morgan fingerprint density at radius 3 is 2.35 bits per heavy atom. The Balaban J connectivity index is 1.46. The first-order valence-corrected chi connectivity index (χ1v) is 8.69. The summed E-state index contributed by atoms with van der Waals surface area (Å²) in [6.45, 7) is 1.00. The number of likely N-dealkylation sites (tertiary alicyclic amines) is 1. The van der Waals surface area contributed by atoms with Crippen LogP contribution in [0.25, 0.3) is 0 Å². The lowest BCUT2D eigenvalue weighted by Gasteiger charge is -2.29. The summed E-state index contributed by atoms with van der Waals surface area (Å²) in [6, 6.07) is 10.6. The molecule has 23 heavy (non-hydrogen) atoms. The molecule has 4 heteroatoms. The number of nitrogens with zero attached hydrogens (tertiary/aromatic N) is 1. The van der Waals surface area contributed by atoms with Crippen molar-refractivity contribution in [1.82, 2.24) is 4.90 Å². The Morgan fingerprint density at radius 1 is 1.04 bits per heavy atom. The first-order valence-electron chi connectivity index (χ1n) is 8.69. The fourth-order valence-electron chi connectivity index (χ4n) is 3.99.